The third-order valence-electron chi connectivity index (χ3n) is 2.22. The smallest absolute Gasteiger partial charge is 0.221 e. The molecule has 1 heterocycles. The van der Waals surface area contributed by atoms with Gasteiger partial charge in [-0.3, -0.25) is 4.79 Å². The average molecular weight is 253 g/mol. The molecule has 0 fully saturated rings. The number of nitrogens with one attached hydrogen (secondary N) is 3. The second-order valence-electron chi connectivity index (χ2n) is 3.59. The highest BCUT2D eigenvalue weighted by Gasteiger charge is 2.00. The Morgan fingerprint density at radius 2 is 2.33 bits per heavy atom. The fourth-order valence-electron chi connectivity index (χ4n) is 1.32. The summed E-state index contributed by atoms with van der Waals surface area (Å²) in [5.41, 5.74) is 3.32. The molecular weight excluding hydrogens is 234 g/mol. The van der Waals surface area contributed by atoms with Gasteiger partial charge in [-0.1, -0.05) is 0 Å². The number of anilines is 2. The molecule has 1 rings (SSSR count). The molecule has 1 aromatic rings. The molecule has 100 valence electrons. The fourth-order valence-corrected chi connectivity index (χ4v) is 1.32. The number of pyridine rings is 1. The van der Waals surface area contributed by atoms with Gasteiger partial charge >= 0.3 is 0 Å². The minimum Gasteiger partial charge on any atom is -0.384 e. The number of carbonyl (C=O) groups excluding carboxylic acids is 1. The summed E-state index contributed by atoms with van der Waals surface area (Å²) in [5.74, 6) is 5.81. The number of rotatable bonds is 8. The van der Waals surface area contributed by atoms with E-state index in [1.165, 1.54) is 0 Å². The number of carbonyl (C=O) groups is 1. The first-order valence-electron chi connectivity index (χ1n) is 5.68. The van der Waals surface area contributed by atoms with Crippen molar-refractivity contribution >= 4 is 17.4 Å². The van der Waals surface area contributed by atoms with Gasteiger partial charge in [0.2, 0.25) is 5.91 Å². The Balaban J connectivity index is 2.22. The van der Waals surface area contributed by atoms with Crippen molar-refractivity contribution in [3.05, 3.63) is 18.3 Å². The normalized spacial score (nSPS) is 9.89. The molecule has 0 saturated heterocycles. The highest BCUT2D eigenvalue weighted by Crippen LogP contribution is 2.10. The SMILES string of the molecule is COCCNC(=O)CCNc1ccnc(NN)c1. The summed E-state index contributed by atoms with van der Waals surface area (Å²) in [6.07, 6.45) is 2.04. The number of nitrogen functional groups attached to an aromatic ring is 1. The zero-order valence-electron chi connectivity index (χ0n) is 10.4. The van der Waals surface area contributed by atoms with E-state index in [4.69, 9.17) is 10.6 Å². The fraction of sp³-hybridized carbons (Fsp3) is 0.455. The number of methoxy groups -OCH3 is 1. The van der Waals surface area contributed by atoms with Crippen LogP contribution in [0.25, 0.3) is 0 Å². The Kier molecular flexibility index (Phi) is 6.52. The predicted molar refractivity (Wildman–Crippen MR) is 70.0 cm³/mol. The molecule has 0 radical (unpaired) electrons. The summed E-state index contributed by atoms with van der Waals surface area (Å²) < 4.78 is 4.84. The molecule has 1 amide bonds. The van der Waals surface area contributed by atoms with E-state index in [1.807, 2.05) is 6.07 Å². The van der Waals surface area contributed by atoms with Gasteiger partial charge in [0.15, 0.2) is 0 Å². The van der Waals surface area contributed by atoms with Crippen LogP contribution in [0.1, 0.15) is 6.42 Å². The lowest BCUT2D eigenvalue weighted by Crippen LogP contribution is -2.28. The van der Waals surface area contributed by atoms with Crippen LogP contribution in [0, 0.1) is 0 Å². The molecule has 0 atom stereocenters. The quantitative estimate of drug-likeness (QED) is 0.294. The maximum Gasteiger partial charge on any atom is 0.221 e. The first-order valence-corrected chi connectivity index (χ1v) is 5.68. The van der Waals surface area contributed by atoms with Crippen LogP contribution in [0.15, 0.2) is 18.3 Å². The van der Waals surface area contributed by atoms with Crippen molar-refractivity contribution in [2.45, 2.75) is 6.42 Å². The number of nitrogens with zero attached hydrogens (tertiary/aromatic N) is 1. The maximum absolute atomic E-state index is 11.4. The van der Waals surface area contributed by atoms with Gasteiger partial charge in [0, 0.05) is 44.6 Å². The van der Waals surface area contributed by atoms with Crippen molar-refractivity contribution in [2.24, 2.45) is 5.84 Å². The van der Waals surface area contributed by atoms with Crippen LogP contribution < -0.4 is 21.9 Å². The number of hydrogen-bond acceptors (Lipinski definition) is 6. The Labute approximate surface area is 106 Å². The van der Waals surface area contributed by atoms with Gasteiger partial charge in [-0.15, -0.1) is 0 Å². The minimum atomic E-state index is -0.00854. The molecule has 0 saturated carbocycles. The summed E-state index contributed by atoms with van der Waals surface area (Å²) in [5, 5.41) is 5.86. The maximum atomic E-state index is 11.4. The monoisotopic (exact) mass is 253 g/mol. The number of amides is 1. The van der Waals surface area contributed by atoms with Crippen molar-refractivity contribution in [3.63, 3.8) is 0 Å². The summed E-state index contributed by atoms with van der Waals surface area (Å²) >= 11 is 0. The van der Waals surface area contributed by atoms with Crippen LogP contribution in [0.4, 0.5) is 11.5 Å². The Morgan fingerprint density at radius 3 is 3.06 bits per heavy atom. The molecule has 0 aliphatic heterocycles. The molecule has 0 spiro atoms. The van der Waals surface area contributed by atoms with Crippen LogP contribution in [-0.4, -0.2) is 37.7 Å². The van der Waals surface area contributed by atoms with Gasteiger partial charge in [0.1, 0.15) is 5.82 Å². The van der Waals surface area contributed by atoms with Crippen LogP contribution in [-0.2, 0) is 9.53 Å². The first-order chi connectivity index (χ1) is 8.76. The van der Waals surface area contributed by atoms with Crippen LogP contribution in [0.3, 0.4) is 0 Å². The molecule has 7 heteroatoms. The van der Waals surface area contributed by atoms with Gasteiger partial charge in [-0.05, 0) is 6.07 Å². The largest absolute Gasteiger partial charge is 0.384 e. The van der Waals surface area contributed by atoms with Crippen molar-refractivity contribution in [1.29, 1.82) is 0 Å². The summed E-state index contributed by atoms with van der Waals surface area (Å²) in [4.78, 5) is 15.4. The lowest BCUT2D eigenvalue weighted by Gasteiger charge is -2.08. The van der Waals surface area contributed by atoms with E-state index in [0.717, 1.165) is 5.69 Å². The zero-order valence-corrected chi connectivity index (χ0v) is 10.4. The third-order valence-corrected chi connectivity index (χ3v) is 2.22. The number of aromatic nitrogens is 1. The third kappa shape index (κ3) is 5.46. The summed E-state index contributed by atoms with van der Waals surface area (Å²) in [6.45, 7) is 1.60. The lowest BCUT2D eigenvalue weighted by molar-refractivity contribution is -0.121. The van der Waals surface area contributed by atoms with Crippen LogP contribution in [0.5, 0.6) is 0 Å². The number of nitrogens with two attached hydrogens (primary N) is 1. The molecule has 1 aromatic heterocycles. The topological polar surface area (TPSA) is 101 Å². The highest BCUT2D eigenvalue weighted by molar-refractivity contribution is 5.76. The van der Waals surface area contributed by atoms with E-state index in [-0.39, 0.29) is 5.91 Å². The molecule has 7 nitrogen and oxygen atoms in total. The standard InChI is InChI=1S/C11H19N5O2/c1-18-7-6-15-11(17)3-5-13-9-2-4-14-10(8-9)16-12/h2,4,8H,3,5-7,12H2,1H3,(H,15,17)(H2,13,14,16). The van der Waals surface area contributed by atoms with Gasteiger partial charge in [-0.2, -0.15) is 0 Å². The van der Waals surface area contributed by atoms with E-state index >= 15 is 0 Å². The van der Waals surface area contributed by atoms with E-state index in [9.17, 15) is 4.79 Å². The molecule has 5 N–H and O–H groups in total. The van der Waals surface area contributed by atoms with Crippen molar-refractivity contribution in [2.75, 3.05) is 37.5 Å². The van der Waals surface area contributed by atoms with Gasteiger partial charge < -0.3 is 20.8 Å². The van der Waals surface area contributed by atoms with Gasteiger partial charge in [-0.25, -0.2) is 10.8 Å². The summed E-state index contributed by atoms with van der Waals surface area (Å²) in [6, 6.07) is 3.58. The highest BCUT2D eigenvalue weighted by atomic mass is 16.5. The Bertz CT molecular complexity index is 372. The van der Waals surface area contributed by atoms with Gasteiger partial charge in [0.05, 0.1) is 6.61 Å². The minimum absolute atomic E-state index is 0.00854. The van der Waals surface area contributed by atoms with Crippen molar-refractivity contribution in [1.82, 2.24) is 10.3 Å². The Hall–Kier alpha value is -1.86. The van der Waals surface area contributed by atoms with Crippen LogP contribution >= 0.6 is 0 Å². The Morgan fingerprint density at radius 1 is 1.50 bits per heavy atom. The molecule has 18 heavy (non-hydrogen) atoms. The summed E-state index contributed by atoms with van der Waals surface area (Å²) in [7, 11) is 1.60. The average Bonchev–Trinajstić information content (AvgIpc) is 2.39. The number of hydrazine groups is 1. The van der Waals surface area contributed by atoms with E-state index in [0.29, 0.717) is 31.9 Å². The zero-order chi connectivity index (χ0) is 13.2. The van der Waals surface area contributed by atoms with Gasteiger partial charge in [0.25, 0.3) is 0 Å². The molecule has 0 aliphatic carbocycles. The molecule has 0 aromatic carbocycles. The van der Waals surface area contributed by atoms with Crippen molar-refractivity contribution < 1.29 is 9.53 Å². The molecule has 0 unspecified atom stereocenters. The predicted octanol–water partition coefficient (Wildman–Crippen LogP) is -0.0682. The molecular formula is C11H19N5O2. The second-order valence-corrected chi connectivity index (χ2v) is 3.59. The van der Waals surface area contributed by atoms with E-state index in [2.05, 4.69) is 21.0 Å². The molecule has 0 bridgehead atoms. The van der Waals surface area contributed by atoms with E-state index in [1.54, 1.807) is 19.4 Å². The van der Waals surface area contributed by atoms with Crippen LogP contribution in [0.2, 0.25) is 0 Å². The number of ether oxygens (including phenoxy) is 1. The van der Waals surface area contributed by atoms with Crippen molar-refractivity contribution in [3.8, 4) is 0 Å². The second kappa shape index (κ2) is 8.26. The molecule has 0 aliphatic rings. The first kappa shape index (κ1) is 14.2. The number of hydrogen-bond donors (Lipinski definition) is 4. The lowest BCUT2D eigenvalue weighted by atomic mass is 10.3. The van der Waals surface area contributed by atoms with E-state index < -0.39 is 0 Å².